The normalized spacial score (nSPS) is 25.6. The molecule has 1 saturated heterocycles. The SMILES string of the molecule is CCC1CN(c2cnn(C(C)C)c2)C(C)CN1. The second-order valence-corrected chi connectivity index (χ2v) is 5.29. The van der Waals surface area contributed by atoms with Gasteiger partial charge in [0.15, 0.2) is 0 Å². The van der Waals surface area contributed by atoms with Gasteiger partial charge in [-0.3, -0.25) is 4.68 Å². The predicted octanol–water partition coefficient (Wildman–Crippen LogP) is 2.04. The Hall–Kier alpha value is -1.03. The largest absolute Gasteiger partial charge is 0.363 e. The summed E-state index contributed by atoms with van der Waals surface area (Å²) >= 11 is 0. The van der Waals surface area contributed by atoms with Crippen LogP contribution in [0.5, 0.6) is 0 Å². The van der Waals surface area contributed by atoms with Gasteiger partial charge in [0.2, 0.25) is 0 Å². The highest BCUT2D eigenvalue weighted by Gasteiger charge is 2.24. The molecule has 2 atom stereocenters. The molecular formula is C13H24N4. The summed E-state index contributed by atoms with van der Waals surface area (Å²) in [6, 6.07) is 1.58. The number of rotatable bonds is 3. The van der Waals surface area contributed by atoms with Crippen LogP contribution < -0.4 is 10.2 Å². The minimum Gasteiger partial charge on any atom is -0.363 e. The lowest BCUT2D eigenvalue weighted by molar-refractivity contribution is 0.397. The molecule has 2 heterocycles. The van der Waals surface area contributed by atoms with Crippen molar-refractivity contribution in [2.45, 2.75) is 52.2 Å². The quantitative estimate of drug-likeness (QED) is 0.872. The van der Waals surface area contributed by atoms with Crippen LogP contribution in [0.3, 0.4) is 0 Å². The third-order valence-corrected chi connectivity index (χ3v) is 3.59. The topological polar surface area (TPSA) is 33.1 Å². The van der Waals surface area contributed by atoms with E-state index >= 15 is 0 Å². The summed E-state index contributed by atoms with van der Waals surface area (Å²) in [4.78, 5) is 2.47. The van der Waals surface area contributed by atoms with Crippen LogP contribution in [0.2, 0.25) is 0 Å². The van der Waals surface area contributed by atoms with Crippen molar-refractivity contribution in [3.8, 4) is 0 Å². The highest BCUT2D eigenvalue weighted by molar-refractivity contribution is 5.44. The summed E-state index contributed by atoms with van der Waals surface area (Å²) in [5.41, 5.74) is 1.26. The van der Waals surface area contributed by atoms with Gasteiger partial charge in [-0.2, -0.15) is 5.10 Å². The molecular weight excluding hydrogens is 212 g/mol. The molecule has 0 bridgehead atoms. The highest BCUT2D eigenvalue weighted by atomic mass is 15.3. The fraction of sp³-hybridized carbons (Fsp3) is 0.769. The lowest BCUT2D eigenvalue weighted by Crippen LogP contribution is -2.55. The van der Waals surface area contributed by atoms with Crippen molar-refractivity contribution in [2.24, 2.45) is 0 Å². The van der Waals surface area contributed by atoms with Crippen molar-refractivity contribution < 1.29 is 0 Å². The first-order valence-corrected chi connectivity index (χ1v) is 6.66. The van der Waals surface area contributed by atoms with Crippen LogP contribution in [0.25, 0.3) is 0 Å². The maximum absolute atomic E-state index is 4.43. The zero-order valence-corrected chi connectivity index (χ0v) is 11.3. The van der Waals surface area contributed by atoms with Gasteiger partial charge in [0, 0.05) is 37.4 Å². The lowest BCUT2D eigenvalue weighted by Gasteiger charge is -2.39. The Kier molecular flexibility index (Phi) is 3.72. The van der Waals surface area contributed by atoms with Gasteiger partial charge in [-0.15, -0.1) is 0 Å². The summed E-state index contributed by atoms with van der Waals surface area (Å²) < 4.78 is 2.03. The molecule has 2 unspecified atom stereocenters. The highest BCUT2D eigenvalue weighted by Crippen LogP contribution is 2.21. The molecule has 4 nitrogen and oxygen atoms in total. The molecule has 0 saturated carbocycles. The van der Waals surface area contributed by atoms with E-state index in [0.29, 0.717) is 18.1 Å². The van der Waals surface area contributed by atoms with Gasteiger partial charge >= 0.3 is 0 Å². The molecule has 2 rings (SSSR count). The van der Waals surface area contributed by atoms with E-state index < -0.39 is 0 Å². The molecule has 0 amide bonds. The van der Waals surface area contributed by atoms with Gasteiger partial charge < -0.3 is 10.2 Å². The first-order chi connectivity index (χ1) is 8.11. The van der Waals surface area contributed by atoms with E-state index in [-0.39, 0.29) is 0 Å². The molecule has 4 heteroatoms. The number of hydrogen-bond donors (Lipinski definition) is 1. The molecule has 1 N–H and O–H groups in total. The maximum atomic E-state index is 4.43. The summed E-state index contributed by atoms with van der Waals surface area (Å²) in [7, 11) is 0. The van der Waals surface area contributed by atoms with Gasteiger partial charge in [-0.1, -0.05) is 6.92 Å². The van der Waals surface area contributed by atoms with Crippen LogP contribution in [0, 0.1) is 0 Å². The Morgan fingerprint density at radius 1 is 1.53 bits per heavy atom. The molecule has 1 aromatic heterocycles. The third-order valence-electron chi connectivity index (χ3n) is 3.59. The summed E-state index contributed by atoms with van der Waals surface area (Å²) in [5.74, 6) is 0. The molecule has 1 fully saturated rings. The molecule has 1 aromatic rings. The smallest absolute Gasteiger partial charge is 0.0756 e. The van der Waals surface area contributed by atoms with E-state index in [1.165, 1.54) is 12.1 Å². The van der Waals surface area contributed by atoms with E-state index in [9.17, 15) is 0 Å². The number of piperazine rings is 1. The minimum atomic E-state index is 0.434. The zero-order valence-electron chi connectivity index (χ0n) is 11.3. The van der Waals surface area contributed by atoms with Crippen molar-refractivity contribution in [1.29, 1.82) is 0 Å². The summed E-state index contributed by atoms with van der Waals surface area (Å²) in [5, 5.41) is 8.01. The molecule has 0 aliphatic carbocycles. The number of aromatic nitrogens is 2. The first-order valence-electron chi connectivity index (χ1n) is 6.66. The molecule has 0 spiro atoms. The predicted molar refractivity (Wildman–Crippen MR) is 71.5 cm³/mol. The molecule has 0 aromatic carbocycles. The number of hydrogen-bond acceptors (Lipinski definition) is 3. The Balaban J connectivity index is 2.13. The number of anilines is 1. The molecule has 96 valence electrons. The Bertz CT molecular complexity index is 358. The Labute approximate surface area is 104 Å². The van der Waals surface area contributed by atoms with Crippen LogP contribution >= 0.6 is 0 Å². The Morgan fingerprint density at radius 3 is 2.88 bits per heavy atom. The lowest BCUT2D eigenvalue weighted by atomic mass is 10.1. The van der Waals surface area contributed by atoms with Crippen LogP contribution in [-0.4, -0.2) is 35.0 Å². The van der Waals surface area contributed by atoms with Gasteiger partial charge in [0.1, 0.15) is 0 Å². The van der Waals surface area contributed by atoms with E-state index in [4.69, 9.17) is 0 Å². The molecule has 1 aliphatic heterocycles. The van der Waals surface area contributed by atoms with Crippen LogP contribution in [0.15, 0.2) is 12.4 Å². The fourth-order valence-corrected chi connectivity index (χ4v) is 2.32. The number of nitrogens with zero attached hydrogens (tertiary/aromatic N) is 3. The average molecular weight is 236 g/mol. The van der Waals surface area contributed by atoms with E-state index in [0.717, 1.165) is 13.1 Å². The fourth-order valence-electron chi connectivity index (χ4n) is 2.32. The van der Waals surface area contributed by atoms with Gasteiger partial charge in [-0.25, -0.2) is 0 Å². The van der Waals surface area contributed by atoms with E-state index in [1.54, 1.807) is 0 Å². The second-order valence-electron chi connectivity index (χ2n) is 5.29. The van der Waals surface area contributed by atoms with Crippen LogP contribution in [-0.2, 0) is 0 Å². The number of nitrogens with one attached hydrogen (secondary N) is 1. The van der Waals surface area contributed by atoms with Gasteiger partial charge in [0.05, 0.1) is 11.9 Å². The molecule has 17 heavy (non-hydrogen) atoms. The van der Waals surface area contributed by atoms with Gasteiger partial charge in [-0.05, 0) is 27.2 Å². The summed E-state index contributed by atoms with van der Waals surface area (Å²) in [6.07, 6.45) is 5.34. The average Bonchev–Trinajstić information content (AvgIpc) is 2.79. The third kappa shape index (κ3) is 2.63. The van der Waals surface area contributed by atoms with Crippen molar-refractivity contribution in [3.05, 3.63) is 12.4 Å². The second kappa shape index (κ2) is 5.08. The zero-order chi connectivity index (χ0) is 12.4. The molecule has 0 radical (unpaired) electrons. The van der Waals surface area contributed by atoms with Crippen molar-refractivity contribution in [2.75, 3.05) is 18.0 Å². The molecule has 1 aliphatic rings. The van der Waals surface area contributed by atoms with E-state index in [2.05, 4.69) is 49.2 Å². The Morgan fingerprint density at radius 2 is 2.29 bits per heavy atom. The minimum absolute atomic E-state index is 0.434. The van der Waals surface area contributed by atoms with Gasteiger partial charge in [0.25, 0.3) is 0 Å². The standard InChI is InChI=1S/C13H24N4/c1-5-12-8-16(11(4)6-14-12)13-7-15-17(9-13)10(2)3/h7,9-12,14H,5-6,8H2,1-4H3. The van der Waals surface area contributed by atoms with Crippen LogP contribution in [0.1, 0.15) is 40.2 Å². The summed E-state index contributed by atoms with van der Waals surface area (Å²) in [6.45, 7) is 11.0. The van der Waals surface area contributed by atoms with Crippen LogP contribution in [0.4, 0.5) is 5.69 Å². The van der Waals surface area contributed by atoms with Crippen molar-refractivity contribution in [3.63, 3.8) is 0 Å². The van der Waals surface area contributed by atoms with Crippen molar-refractivity contribution in [1.82, 2.24) is 15.1 Å². The first kappa shape index (κ1) is 12.4. The van der Waals surface area contributed by atoms with E-state index in [1.807, 2.05) is 10.9 Å². The maximum Gasteiger partial charge on any atom is 0.0756 e. The monoisotopic (exact) mass is 236 g/mol. The van der Waals surface area contributed by atoms with Crippen molar-refractivity contribution >= 4 is 5.69 Å².